The molecule has 0 aromatic carbocycles. The van der Waals surface area contributed by atoms with Gasteiger partial charge in [0.15, 0.2) is 0 Å². The number of aromatic nitrogens is 2. The molecule has 3 aliphatic rings. The van der Waals surface area contributed by atoms with E-state index in [2.05, 4.69) is 27.2 Å². The molecule has 10 nitrogen and oxygen atoms in total. The van der Waals surface area contributed by atoms with Crippen LogP contribution in [0.15, 0.2) is 45.7 Å². The minimum atomic E-state index is -0.910. The molecule has 0 spiro atoms. The van der Waals surface area contributed by atoms with Gasteiger partial charge in [-0.3, -0.25) is 19.2 Å². The molecule has 1 atom stereocenters. The van der Waals surface area contributed by atoms with Crippen LogP contribution >= 0.6 is 11.8 Å². The third kappa shape index (κ3) is 6.10. The third-order valence-corrected chi connectivity index (χ3v) is 9.39. The zero-order valence-corrected chi connectivity index (χ0v) is 26.0. The molecule has 6 N–H and O–H groups in total. The first-order chi connectivity index (χ1) is 20.9. The topological polar surface area (TPSA) is 164 Å². The maximum Gasteiger partial charge on any atom is 0.303 e. The Labute approximate surface area is 259 Å². The molecule has 3 aliphatic heterocycles. The number of aromatic amines is 2. The van der Waals surface area contributed by atoms with Crippen LogP contribution in [0, 0.1) is 19.8 Å². The molecule has 5 rings (SSSR count). The van der Waals surface area contributed by atoms with Gasteiger partial charge in [0, 0.05) is 69.7 Å². The van der Waals surface area contributed by atoms with Crippen molar-refractivity contribution in [3.8, 4) is 0 Å². The number of hydrogen-bond donors (Lipinski definition) is 6. The summed E-state index contributed by atoms with van der Waals surface area (Å²) in [6.45, 7) is 11.3. The number of allylic oxidation sites excluding steroid dienone is 2. The Morgan fingerprint density at radius 2 is 1.43 bits per heavy atom. The fourth-order valence-corrected chi connectivity index (χ4v) is 6.67. The standard InChI is InChI=1S/C33H36N4O6S/c1-6-19-15(2)24(36-33(19)43)11-22-16(3)20(7-9-29(38)39)25(34-22)13-26-21(8-10-30(40)41)17(4)23(35-26)12-27-31(28-14-44-28)18(5)32(42)37-27/h6,11-12,18,34-35H,1,7-10,13-14H2,2-5H3,(H,36,43)(H,37,42)(H,38,39)(H,40,41)/b24-11-,27-12-,31-28+/t18-/m0/s1. The molecule has 2 aromatic heterocycles. The quantitative estimate of drug-likeness (QED) is 0.200. The predicted molar refractivity (Wildman–Crippen MR) is 170 cm³/mol. The molecule has 11 heteroatoms. The summed E-state index contributed by atoms with van der Waals surface area (Å²) in [4.78, 5) is 56.1. The van der Waals surface area contributed by atoms with Crippen molar-refractivity contribution in [1.29, 1.82) is 0 Å². The fourth-order valence-electron chi connectivity index (χ4n) is 6.00. The average Bonchev–Trinajstić information content (AvgIpc) is 3.53. The number of hydrogen-bond acceptors (Lipinski definition) is 5. The number of carboxylic acid groups (broad SMARTS) is 2. The van der Waals surface area contributed by atoms with E-state index in [1.54, 1.807) is 11.8 Å². The third-order valence-electron chi connectivity index (χ3n) is 8.59. The van der Waals surface area contributed by atoms with E-state index >= 15 is 0 Å². The van der Waals surface area contributed by atoms with Crippen LogP contribution in [0.1, 0.15) is 71.7 Å². The van der Waals surface area contributed by atoms with Gasteiger partial charge in [-0.05, 0) is 86.1 Å². The molecule has 2 saturated heterocycles. The lowest BCUT2D eigenvalue weighted by Gasteiger charge is -2.07. The lowest BCUT2D eigenvalue weighted by Crippen LogP contribution is -2.16. The SMILES string of the molecule is C=CC1=C(C)/C(=C/c2[nH]c(Cc3[nH]c(/C=C4\NC(=O)[C@@H](C)\C4=C4\CS4)c(C)c3CCC(=O)O)c(CCC(=O)O)c2C)NC1=O. The largest absolute Gasteiger partial charge is 0.481 e. The number of amides is 2. The molecule has 2 amide bonds. The van der Waals surface area contributed by atoms with Gasteiger partial charge in [0.25, 0.3) is 5.91 Å². The summed E-state index contributed by atoms with van der Waals surface area (Å²) in [6, 6.07) is 0. The Kier molecular flexibility index (Phi) is 8.60. The maximum absolute atomic E-state index is 12.5. The van der Waals surface area contributed by atoms with Crippen LogP contribution in [0.5, 0.6) is 0 Å². The minimum absolute atomic E-state index is 0.0443. The van der Waals surface area contributed by atoms with Crippen LogP contribution in [0.2, 0.25) is 0 Å². The van der Waals surface area contributed by atoms with E-state index in [1.165, 1.54) is 11.0 Å². The lowest BCUT2D eigenvalue weighted by molar-refractivity contribution is -0.138. The van der Waals surface area contributed by atoms with Gasteiger partial charge < -0.3 is 30.8 Å². The van der Waals surface area contributed by atoms with Crippen LogP contribution < -0.4 is 10.6 Å². The monoisotopic (exact) mass is 616 g/mol. The normalized spacial score (nSPS) is 21.4. The highest BCUT2D eigenvalue weighted by atomic mass is 32.2. The second-order valence-electron chi connectivity index (χ2n) is 11.4. The average molecular weight is 617 g/mol. The molecule has 0 radical (unpaired) electrons. The van der Waals surface area contributed by atoms with E-state index in [4.69, 9.17) is 0 Å². The van der Waals surface area contributed by atoms with E-state index < -0.39 is 11.9 Å². The molecule has 2 aromatic rings. The molecular weight excluding hydrogens is 580 g/mol. The molecule has 0 saturated carbocycles. The van der Waals surface area contributed by atoms with Gasteiger partial charge in [0.05, 0.1) is 5.92 Å². The van der Waals surface area contributed by atoms with Crippen LogP contribution in [0.25, 0.3) is 12.2 Å². The van der Waals surface area contributed by atoms with Crippen LogP contribution in [-0.2, 0) is 38.4 Å². The van der Waals surface area contributed by atoms with Gasteiger partial charge in [-0.25, -0.2) is 0 Å². The molecule has 0 bridgehead atoms. The van der Waals surface area contributed by atoms with E-state index in [0.717, 1.165) is 67.6 Å². The van der Waals surface area contributed by atoms with Gasteiger partial charge in [-0.15, -0.1) is 11.8 Å². The van der Waals surface area contributed by atoms with Crippen molar-refractivity contribution in [1.82, 2.24) is 20.6 Å². The van der Waals surface area contributed by atoms with Crippen LogP contribution in [-0.4, -0.2) is 49.7 Å². The van der Waals surface area contributed by atoms with Crippen molar-refractivity contribution in [2.24, 2.45) is 5.92 Å². The number of H-pyrrole nitrogens is 2. The van der Waals surface area contributed by atoms with Gasteiger partial charge in [0.2, 0.25) is 5.91 Å². The first-order valence-electron chi connectivity index (χ1n) is 14.5. The predicted octanol–water partition coefficient (Wildman–Crippen LogP) is 4.67. The van der Waals surface area contributed by atoms with Crippen LogP contribution in [0.4, 0.5) is 0 Å². The first-order valence-corrected chi connectivity index (χ1v) is 15.5. The summed E-state index contributed by atoms with van der Waals surface area (Å²) in [5, 5.41) is 24.8. The number of carboxylic acids is 2. The summed E-state index contributed by atoms with van der Waals surface area (Å²) in [7, 11) is 0. The van der Waals surface area contributed by atoms with Gasteiger partial charge in [-0.2, -0.15) is 0 Å². The number of thioether (sulfide) groups is 1. The molecule has 44 heavy (non-hydrogen) atoms. The summed E-state index contributed by atoms with van der Waals surface area (Å²) in [6.07, 6.45) is 6.19. The van der Waals surface area contributed by atoms with Crippen molar-refractivity contribution in [3.63, 3.8) is 0 Å². The summed E-state index contributed by atoms with van der Waals surface area (Å²) >= 11 is 1.73. The highest BCUT2D eigenvalue weighted by Crippen LogP contribution is 2.45. The number of carbonyl (C=O) groups excluding carboxylic acids is 2. The van der Waals surface area contributed by atoms with Gasteiger partial charge in [0.1, 0.15) is 0 Å². The summed E-state index contributed by atoms with van der Waals surface area (Å²) < 4.78 is 0. The lowest BCUT2D eigenvalue weighted by atomic mass is 9.98. The number of aliphatic carboxylic acids is 2. The second kappa shape index (κ2) is 12.2. The Morgan fingerprint density at radius 1 is 0.909 bits per heavy atom. The molecule has 0 unspecified atom stereocenters. The van der Waals surface area contributed by atoms with Crippen molar-refractivity contribution in [3.05, 3.63) is 90.7 Å². The number of rotatable bonds is 11. The fraction of sp³-hybridized carbons (Fsp3) is 0.333. The number of nitrogens with one attached hydrogen (secondary N) is 4. The molecular formula is C33H36N4O6S. The van der Waals surface area contributed by atoms with Crippen molar-refractivity contribution in [2.75, 3.05) is 5.75 Å². The Balaban J connectivity index is 1.57. The van der Waals surface area contributed by atoms with Crippen molar-refractivity contribution >= 4 is 47.7 Å². The maximum atomic E-state index is 12.5. The molecule has 230 valence electrons. The van der Waals surface area contributed by atoms with E-state index in [9.17, 15) is 29.4 Å². The Bertz CT molecular complexity index is 1740. The van der Waals surface area contributed by atoms with Crippen LogP contribution in [0.3, 0.4) is 0 Å². The zero-order valence-electron chi connectivity index (χ0n) is 25.2. The Hall–Kier alpha value is -4.51. The minimum Gasteiger partial charge on any atom is -0.481 e. The van der Waals surface area contributed by atoms with E-state index in [0.29, 0.717) is 30.5 Å². The smallest absolute Gasteiger partial charge is 0.303 e. The first kappa shape index (κ1) is 30.9. The van der Waals surface area contributed by atoms with Gasteiger partial charge in [-0.1, -0.05) is 12.7 Å². The van der Waals surface area contributed by atoms with Gasteiger partial charge >= 0.3 is 11.9 Å². The highest BCUT2D eigenvalue weighted by molar-refractivity contribution is 8.11. The Morgan fingerprint density at radius 3 is 1.89 bits per heavy atom. The van der Waals surface area contributed by atoms with E-state index in [-0.39, 0.29) is 30.6 Å². The number of carbonyl (C=O) groups is 4. The molecule has 5 heterocycles. The van der Waals surface area contributed by atoms with Crippen molar-refractivity contribution in [2.45, 2.75) is 59.8 Å². The summed E-state index contributed by atoms with van der Waals surface area (Å²) in [5.41, 5.74) is 10.4. The molecule has 2 fully saturated rings. The van der Waals surface area contributed by atoms with Crippen molar-refractivity contribution < 1.29 is 29.4 Å². The summed E-state index contributed by atoms with van der Waals surface area (Å²) in [5.74, 6) is -1.41. The zero-order chi connectivity index (χ0) is 31.9. The molecule has 0 aliphatic carbocycles. The second-order valence-corrected chi connectivity index (χ2v) is 12.4. The highest BCUT2D eigenvalue weighted by Gasteiger charge is 2.36. The van der Waals surface area contributed by atoms with E-state index in [1.807, 2.05) is 39.8 Å².